The molecule has 2 aromatic rings. The minimum Gasteiger partial charge on any atom is -0.497 e. The summed E-state index contributed by atoms with van der Waals surface area (Å²) < 4.78 is 5.17. The van der Waals surface area contributed by atoms with Gasteiger partial charge >= 0.3 is 5.97 Å². The topological polar surface area (TPSA) is 72.5 Å². The zero-order valence-electron chi connectivity index (χ0n) is 10.5. The molecular formula is C15H15NO3. The van der Waals surface area contributed by atoms with E-state index in [4.69, 9.17) is 15.6 Å². The molecule has 0 aliphatic heterocycles. The van der Waals surface area contributed by atoms with Gasteiger partial charge < -0.3 is 15.6 Å². The number of carbonyl (C=O) groups is 1. The van der Waals surface area contributed by atoms with E-state index in [-0.39, 0.29) is 0 Å². The van der Waals surface area contributed by atoms with E-state index in [1.54, 1.807) is 19.2 Å². The van der Waals surface area contributed by atoms with E-state index < -0.39 is 12.0 Å². The van der Waals surface area contributed by atoms with Gasteiger partial charge in [0.25, 0.3) is 0 Å². The minimum absolute atomic E-state index is 0.583. The maximum Gasteiger partial charge on any atom is 0.325 e. The van der Waals surface area contributed by atoms with E-state index in [9.17, 15) is 4.79 Å². The van der Waals surface area contributed by atoms with Crippen LogP contribution in [-0.2, 0) is 4.79 Å². The molecule has 0 aliphatic rings. The SMILES string of the molecule is COc1cccc(-c2ccc(C(N)C(=O)O)cc2)c1. The molecule has 98 valence electrons. The first kappa shape index (κ1) is 13.1. The minimum atomic E-state index is -1.03. The van der Waals surface area contributed by atoms with E-state index in [0.29, 0.717) is 5.56 Å². The average Bonchev–Trinajstić information content (AvgIpc) is 2.46. The predicted octanol–water partition coefficient (Wildman–Crippen LogP) is 2.45. The molecule has 0 amide bonds. The van der Waals surface area contributed by atoms with Gasteiger partial charge in [-0.15, -0.1) is 0 Å². The highest BCUT2D eigenvalue weighted by molar-refractivity contribution is 5.76. The Labute approximate surface area is 111 Å². The Balaban J connectivity index is 2.29. The Morgan fingerprint density at radius 2 is 1.84 bits per heavy atom. The summed E-state index contributed by atoms with van der Waals surface area (Å²) in [6, 6.07) is 13.9. The number of hydrogen-bond acceptors (Lipinski definition) is 3. The van der Waals surface area contributed by atoms with Crippen molar-refractivity contribution in [3.63, 3.8) is 0 Å². The van der Waals surface area contributed by atoms with Crippen molar-refractivity contribution in [2.24, 2.45) is 5.73 Å². The number of ether oxygens (including phenoxy) is 1. The lowest BCUT2D eigenvalue weighted by Crippen LogP contribution is -2.20. The van der Waals surface area contributed by atoms with Crippen LogP contribution in [0.25, 0.3) is 11.1 Å². The molecule has 1 atom stereocenters. The van der Waals surface area contributed by atoms with Crippen molar-refractivity contribution < 1.29 is 14.6 Å². The van der Waals surface area contributed by atoms with E-state index in [2.05, 4.69) is 0 Å². The molecular weight excluding hydrogens is 242 g/mol. The summed E-state index contributed by atoms with van der Waals surface area (Å²) in [6.45, 7) is 0. The number of hydrogen-bond donors (Lipinski definition) is 2. The zero-order valence-corrected chi connectivity index (χ0v) is 10.5. The van der Waals surface area contributed by atoms with Gasteiger partial charge in [0.1, 0.15) is 11.8 Å². The summed E-state index contributed by atoms with van der Waals surface area (Å²) >= 11 is 0. The molecule has 0 heterocycles. The summed E-state index contributed by atoms with van der Waals surface area (Å²) in [6.07, 6.45) is 0. The van der Waals surface area contributed by atoms with Gasteiger partial charge in [0, 0.05) is 0 Å². The predicted molar refractivity (Wildman–Crippen MR) is 73.0 cm³/mol. The van der Waals surface area contributed by atoms with Crippen LogP contribution in [0.5, 0.6) is 5.75 Å². The Bertz CT molecular complexity index is 578. The van der Waals surface area contributed by atoms with Crippen molar-refractivity contribution in [3.05, 3.63) is 54.1 Å². The Morgan fingerprint density at radius 1 is 1.16 bits per heavy atom. The maximum atomic E-state index is 10.8. The first-order valence-electron chi connectivity index (χ1n) is 5.84. The quantitative estimate of drug-likeness (QED) is 0.882. The molecule has 2 rings (SSSR count). The van der Waals surface area contributed by atoms with Gasteiger partial charge in [0.05, 0.1) is 7.11 Å². The lowest BCUT2D eigenvalue weighted by molar-refractivity contribution is -0.138. The van der Waals surface area contributed by atoms with Gasteiger partial charge in [-0.25, -0.2) is 0 Å². The summed E-state index contributed by atoms with van der Waals surface area (Å²) in [5.74, 6) is -0.252. The second-order valence-corrected chi connectivity index (χ2v) is 4.17. The largest absolute Gasteiger partial charge is 0.497 e. The lowest BCUT2D eigenvalue weighted by Gasteiger charge is -2.09. The normalized spacial score (nSPS) is 11.9. The van der Waals surface area contributed by atoms with Crippen molar-refractivity contribution in [2.45, 2.75) is 6.04 Å². The van der Waals surface area contributed by atoms with E-state index >= 15 is 0 Å². The molecule has 0 radical (unpaired) electrons. The van der Waals surface area contributed by atoms with Crippen LogP contribution in [0.1, 0.15) is 11.6 Å². The van der Waals surface area contributed by atoms with Crippen LogP contribution >= 0.6 is 0 Å². The monoisotopic (exact) mass is 257 g/mol. The number of carboxylic acids is 1. The molecule has 4 nitrogen and oxygen atoms in total. The summed E-state index contributed by atoms with van der Waals surface area (Å²) in [4.78, 5) is 10.8. The van der Waals surface area contributed by atoms with Crippen LogP contribution < -0.4 is 10.5 Å². The van der Waals surface area contributed by atoms with Crippen molar-refractivity contribution in [3.8, 4) is 16.9 Å². The van der Waals surface area contributed by atoms with Gasteiger partial charge in [0.15, 0.2) is 0 Å². The second-order valence-electron chi connectivity index (χ2n) is 4.17. The standard InChI is InChI=1S/C15H15NO3/c1-19-13-4-2-3-12(9-13)10-5-7-11(8-6-10)14(16)15(17)18/h2-9,14H,16H2,1H3,(H,17,18). The van der Waals surface area contributed by atoms with Gasteiger partial charge in [-0.05, 0) is 28.8 Å². The van der Waals surface area contributed by atoms with E-state index in [0.717, 1.165) is 16.9 Å². The Hall–Kier alpha value is -2.33. The van der Waals surface area contributed by atoms with Gasteiger partial charge in [-0.2, -0.15) is 0 Å². The number of nitrogens with two attached hydrogens (primary N) is 1. The number of methoxy groups -OCH3 is 1. The van der Waals surface area contributed by atoms with Gasteiger partial charge in [-0.1, -0.05) is 36.4 Å². The first-order chi connectivity index (χ1) is 9.11. The lowest BCUT2D eigenvalue weighted by atomic mass is 10.0. The fourth-order valence-electron chi connectivity index (χ4n) is 1.83. The second kappa shape index (κ2) is 5.54. The Kier molecular flexibility index (Phi) is 3.82. The average molecular weight is 257 g/mol. The van der Waals surface area contributed by atoms with Crippen molar-refractivity contribution in [2.75, 3.05) is 7.11 Å². The van der Waals surface area contributed by atoms with Crippen LogP contribution in [0.15, 0.2) is 48.5 Å². The van der Waals surface area contributed by atoms with Gasteiger partial charge in [-0.3, -0.25) is 4.79 Å². The molecule has 3 N–H and O–H groups in total. The van der Waals surface area contributed by atoms with Crippen LogP contribution in [0.3, 0.4) is 0 Å². The third-order valence-electron chi connectivity index (χ3n) is 2.94. The molecule has 19 heavy (non-hydrogen) atoms. The molecule has 0 bridgehead atoms. The molecule has 4 heteroatoms. The highest BCUT2D eigenvalue weighted by Gasteiger charge is 2.13. The number of benzene rings is 2. The highest BCUT2D eigenvalue weighted by Crippen LogP contribution is 2.25. The molecule has 0 aliphatic carbocycles. The first-order valence-corrected chi connectivity index (χ1v) is 5.84. The van der Waals surface area contributed by atoms with Crippen molar-refractivity contribution in [1.29, 1.82) is 0 Å². The summed E-state index contributed by atoms with van der Waals surface area (Å²) in [7, 11) is 1.62. The fourth-order valence-corrected chi connectivity index (χ4v) is 1.83. The third-order valence-corrected chi connectivity index (χ3v) is 2.94. The summed E-state index contributed by atoms with van der Waals surface area (Å²) in [5, 5.41) is 8.85. The molecule has 0 spiro atoms. The third kappa shape index (κ3) is 2.92. The highest BCUT2D eigenvalue weighted by atomic mass is 16.5. The zero-order chi connectivity index (χ0) is 13.8. The van der Waals surface area contributed by atoms with Crippen molar-refractivity contribution >= 4 is 5.97 Å². The molecule has 2 aromatic carbocycles. The molecule has 0 fully saturated rings. The molecule has 0 saturated heterocycles. The number of rotatable bonds is 4. The van der Waals surface area contributed by atoms with Crippen LogP contribution in [0, 0.1) is 0 Å². The molecule has 1 unspecified atom stereocenters. The summed E-state index contributed by atoms with van der Waals surface area (Å²) in [5.41, 5.74) is 8.13. The van der Waals surface area contributed by atoms with Gasteiger partial charge in [0.2, 0.25) is 0 Å². The van der Waals surface area contributed by atoms with Crippen LogP contribution in [0.4, 0.5) is 0 Å². The van der Waals surface area contributed by atoms with Crippen molar-refractivity contribution in [1.82, 2.24) is 0 Å². The van der Waals surface area contributed by atoms with E-state index in [1.807, 2.05) is 36.4 Å². The van der Waals surface area contributed by atoms with Crippen LogP contribution in [-0.4, -0.2) is 18.2 Å². The fraction of sp³-hybridized carbons (Fsp3) is 0.133. The maximum absolute atomic E-state index is 10.8. The molecule has 0 aromatic heterocycles. The van der Waals surface area contributed by atoms with Crippen LogP contribution in [0.2, 0.25) is 0 Å². The van der Waals surface area contributed by atoms with E-state index in [1.165, 1.54) is 0 Å². The number of carboxylic acid groups (broad SMARTS) is 1. The smallest absolute Gasteiger partial charge is 0.325 e. The molecule has 0 saturated carbocycles. The Morgan fingerprint density at radius 3 is 2.42 bits per heavy atom. The number of aliphatic carboxylic acids is 1.